The molecule has 0 aliphatic rings. The van der Waals surface area contributed by atoms with Gasteiger partial charge >= 0.3 is 11.7 Å². The Hall–Kier alpha value is -1.70. The molecular formula is C10H14N2O3Si. The number of carbonyl (C=O) groups is 2. The molecule has 0 fully saturated rings. The molecule has 0 bridgehead atoms. The lowest BCUT2D eigenvalue weighted by Gasteiger charge is -2.03. The maximum absolute atomic E-state index is 11.1. The highest BCUT2D eigenvalue weighted by molar-refractivity contribution is 6.83. The first kappa shape index (κ1) is 14.3. The monoisotopic (exact) mass is 238 g/mol. The van der Waals surface area contributed by atoms with E-state index in [0.717, 1.165) is 6.92 Å². The molecule has 0 aromatic carbocycles. The van der Waals surface area contributed by atoms with Crippen LogP contribution in [0, 0.1) is 11.5 Å². The van der Waals surface area contributed by atoms with Crippen LogP contribution >= 0.6 is 0 Å². The molecule has 0 N–H and O–H groups in total. The summed E-state index contributed by atoms with van der Waals surface area (Å²) in [6.45, 7) is 7.17. The Balaban J connectivity index is 4.34. The summed E-state index contributed by atoms with van der Waals surface area (Å²) in [6.07, 6.45) is 0. The largest absolute Gasteiger partial charge is 0.444 e. The summed E-state index contributed by atoms with van der Waals surface area (Å²) in [6, 6.07) is 0. The fourth-order valence-electron chi connectivity index (χ4n) is 0.726. The first-order chi connectivity index (χ1) is 7.28. The molecule has 5 nitrogen and oxygen atoms in total. The first-order valence-electron chi connectivity index (χ1n) is 4.68. The molecule has 0 spiro atoms. The van der Waals surface area contributed by atoms with Crippen LogP contribution in [0.15, 0.2) is 0 Å². The van der Waals surface area contributed by atoms with E-state index in [1.54, 1.807) is 0 Å². The SMILES string of the molecule is CC(=O)C(=[N+]=[N-])C(=O)OCC#C[Si](C)(C)C. The molecule has 0 radical (unpaired) electrons. The first-order valence-corrected chi connectivity index (χ1v) is 8.18. The average molecular weight is 238 g/mol. The molecular weight excluding hydrogens is 224 g/mol. The maximum Gasteiger partial charge on any atom is 0.441 e. The van der Waals surface area contributed by atoms with Gasteiger partial charge in [0.2, 0.25) is 5.78 Å². The number of ether oxygens (including phenoxy) is 1. The van der Waals surface area contributed by atoms with E-state index in [1.807, 2.05) is 0 Å². The molecule has 0 atom stereocenters. The minimum Gasteiger partial charge on any atom is -0.444 e. The van der Waals surface area contributed by atoms with Gasteiger partial charge < -0.3 is 10.3 Å². The van der Waals surface area contributed by atoms with Crippen LogP contribution in [0.4, 0.5) is 0 Å². The number of nitrogens with zero attached hydrogens (tertiary/aromatic N) is 2. The van der Waals surface area contributed by atoms with Crippen molar-refractivity contribution >= 4 is 25.5 Å². The van der Waals surface area contributed by atoms with Gasteiger partial charge in [0.25, 0.3) is 0 Å². The Morgan fingerprint density at radius 1 is 1.38 bits per heavy atom. The summed E-state index contributed by atoms with van der Waals surface area (Å²) in [5.74, 6) is 1.09. The van der Waals surface area contributed by atoms with Crippen molar-refractivity contribution in [1.29, 1.82) is 0 Å². The number of carbonyl (C=O) groups excluding carboxylic acids is 2. The average Bonchev–Trinajstić information content (AvgIpc) is 2.11. The number of Topliss-reactive ketones (excluding diaryl/α,β-unsaturated/α-hetero) is 1. The minimum atomic E-state index is -1.49. The van der Waals surface area contributed by atoms with Gasteiger partial charge in [0.1, 0.15) is 8.07 Å². The van der Waals surface area contributed by atoms with Gasteiger partial charge in [0.15, 0.2) is 6.61 Å². The smallest absolute Gasteiger partial charge is 0.441 e. The van der Waals surface area contributed by atoms with Crippen molar-refractivity contribution in [3.05, 3.63) is 5.53 Å². The molecule has 0 unspecified atom stereocenters. The summed E-state index contributed by atoms with van der Waals surface area (Å²) in [5, 5.41) is 0. The Morgan fingerprint density at radius 3 is 2.31 bits per heavy atom. The number of hydrogen-bond donors (Lipinski definition) is 0. The molecule has 0 heterocycles. The van der Waals surface area contributed by atoms with Gasteiger partial charge in [-0.2, -0.15) is 4.79 Å². The molecule has 0 rings (SSSR count). The van der Waals surface area contributed by atoms with Gasteiger partial charge in [0.05, 0.1) is 0 Å². The molecule has 0 aromatic heterocycles. The summed E-state index contributed by atoms with van der Waals surface area (Å²) in [5.41, 5.74) is 10.8. The molecule has 0 saturated carbocycles. The number of ketones is 1. The van der Waals surface area contributed by atoms with Gasteiger partial charge in [0, 0.05) is 6.92 Å². The van der Waals surface area contributed by atoms with Gasteiger partial charge in [-0.25, -0.2) is 4.79 Å². The van der Waals surface area contributed by atoms with Gasteiger partial charge in [-0.1, -0.05) is 25.6 Å². The molecule has 0 aliphatic carbocycles. The van der Waals surface area contributed by atoms with Gasteiger partial charge in [-0.15, -0.1) is 5.54 Å². The van der Waals surface area contributed by atoms with Crippen LogP contribution in [0.5, 0.6) is 0 Å². The van der Waals surface area contributed by atoms with Gasteiger partial charge in [-0.05, 0) is 0 Å². The molecule has 0 saturated heterocycles. The van der Waals surface area contributed by atoms with Gasteiger partial charge in [-0.3, -0.25) is 4.79 Å². The van der Waals surface area contributed by atoms with E-state index < -0.39 is 25.5 Å². The van der Waals surface area contributed by atoms with Crippen LogP contribution in [0.25, 0.3) is 5.53 Å². The van der Waals surface area contributed by atoms with Crippen molar-refractivity contribution < 1.29 is 19.1 Å². The molecule has 0 aliphatic heterocycles. The highest BCUT2D eigenvalue weighted by atomic mass is 28.3. The molecule has 0 aromatic rings. The normalized spacial score (nSPS) is 9.50. The number of rotatable bonds is 3. The predicted molar refractivity (Wildman–Crippen MR) is 61.4 cm³/mol. The highest BCUT2D eigenvalue weighted by Gasteiger charge is 2.27. The summed E-state index contributed by atoms with van der Waals surface area (Å²) in [7, 11) is -1.49. The summed E-state index contributed by atoms with van der Waals surface area (Å²) in [4.78, 5) is 24.5. The van der Waals surface area contributed by atoms with Crippen molar-refractivity contribution in [3.63, 3.8) is 0 Å². The van der Waals surface area contributed by atoms with Crippen molar-refractivity contribution in [2.24, 2.45) is 0 Å². The van der Waals surface area contributed by atoms with E-state index in [4.69, 9.17) is 5.53 Å². The highest BCUT2D eigenvalue weighted by Crippen LogP contribution is 1.95. The zero-order chi connectivity index (χ0) is 12.8. The van der Waals surface area contributed by atoms with E-state index in [0.29, 0.717) is 0 Å². The molecule has 0 amide bonds. The Bertz CT molecular complexity index is 406. The maximum atomic E-state index is 11.1. The van der Waals surface area contributed by atoms with Crippen LogP contribution < -0.4 is 0 Å². The second-order valence-electron chi connectivity index (χ2n) is 4.13. The zero-order valence-corrected chi connectivity index (χ0v) is 10.8. The summed E-state index contributed by atoms with van der Waals surface area (Å²) < 4.78 is 4.65. The van der Waals surface area contributed by atoms with Crippen LogP contribution in [0.2, 0.25) is 19.6 Å². The van der Waals surface area contributed by atoms with E-state index in [1.165, 1.54) is 0 Å². The molecule has 86 valence electrons. The summed E-state index contributed by atoms with van der Waals surface area (Å²) >= 11 is 0. The van der Waals surface area contributed by atoms with Crippen molar-refractivity contribution in [1.82, 2.24) is 0 Å². The molecule has 16 heavy (non-hydrogen) atoms. The third-order valence-corrected chi connectivity index (χ3v) is 2.29. The lowest BCUT2D eigenvalue weighted by Crippen LogP contribution is -2.25. The number of esters is 1. The van der Waals surface area contributed by atoms with Crippen molar-refractivity contribution in [3.8, 4) is 11.5 Å². The lowest BCUT2D eigenvalue weighted by atomic mass is 10.3. The van der Waals surface area contributed by atoms with Crippen molar-refractivity contribution in [2.45, 2.75) is 26.6 Å². The second kappa shape index (κ2) is 6.01. The Morgan fingerprint density at radius 2 is 1.94 bits per heavy atom. The topological polar surface area (TPSA) is 79.8 Å². The Kier molecular flexibility index (Phi) is 5.37. The van der Waals surface area contributed by atoms with Crippen molar-refractivity contribution in [2.75, 3.05) is 6.61 Å². The third kappa shape index (κ3) is 5.91. The lowest BCUT2D eigenvalue weighted by molar-refractivity contribution is -0.140. The zero-order valence-electron chi connectivity index (χ0n) is 9.83. The third-order valence-electron chi connectivity index (χ3n) is 1.37. The van der Waals surface area contributed by atoms with E-state index in [9.17, 15) is 9.59 Å². The standard InChI is InChI=1S/C10H14N2O3Si/c1-8(13)9(12-11)10(14)15-6-5-7-16(2,3)4/h6H2,1-4H3. The van der Waals surface area contributed by atoms with Crippen LogP contribution in [0.3, 0.4) is 0 Å². The van der Waals surface area contributed by atoms with E-state index in [2.05, 4.69) is 40.6 Å². The van der Waals surface area contributed by atoms with E-state index >= 15 is 0 Å². The fourth-order valence-corrected chi connectivity index (χ4v) is 1.33. The van der Waals surface area contributed by atoms with Crippen LogP contribution in [-0.2, 0) is 14.3 Å². The van der Waals surface area contributed by atoms with Crippen LogP contribution in [0.1, 0.15) is 6.92 Å². The predicted octanol–water partition coefficient (Wildman–Crippen LogP) is 0.670. The second-order valence-corrected chi connectivity index (χ2v) is 8.88. The minimum absolute atomic E-state index is 0.102. The van der Waals surface area contributed by atoms with E-state index in [-0.39, 0.29) is 6.61 Å². The molecule has 6 heteroatoms. The number of hydrogen-bond acceptors (Lipinski definition) is 3. The van der Waals surface area contributed by atoms with Crippen LogP contribution in [-0.4, -0.2) is 36.9 Å². The quantitative estimate of drug-likeness (QED) is 0.138. The fraction of sp³-hybridized carbons (Fsp3) is 0.500. The Labute approximate surface area is 95.4 Å².